The Kier molecular flexibility index (Phi) is 5.64. The van der Waals surface area contributed by atoms with E-state index in [1.54, 1.807) is 18.3 Å². The Labute approximate surface area is 201 Å². The van der Waals surface area contributed by atoms with E-state index >= 15 is 0 Å². The van der Waals surface area contributed by atoms with Crippen LogP contribution in [0, 0.1) is 0 Å². The van der Waals surface area contributed by atoms with Gasteiger partial charge < -0.3 is 15.0 Å². The normalized spacial score (nSPS) is 19.3. The number of carbonyl (C=O) groups excluding carboxylic acids is 1. The molecule has 0 radical (unpaired) electrons. The van der Waals surface area contributed by atoms with Crippen molar-refractivity contribution in [3.8, 4) is 11.4 Å². The fourth-order valence-corrected chi connectivity index (χ4v) is 6.07. The van der Waals surface area contributed by atoms with E-state index in [1.807, 2.05) is 18.3 Å². The second-order valence-corrected chi connectivity index (χ2v) is 10.1. The molecule has 2 aliphatic heterocycles. The summed E-state index contributed by atoms with van der Waals surface area (Å²) < 4.78 is 6.72. The number of hydrogen-bond acceptors (Lipinski definition) is 8. The van der Waals surface area contributed by atoms with Gasteiger partial charge in [0.25, 0.3) is 0 Å². The standard InChI is InChI=1S/C24H27N7O2S/c1-15(32)26-16-5-6-30(13-16)14-17-11-21-22(34-17)24(31-7-9-33-10-8-31)28-23(27-21)18-3-2-4-20-19(18)12-25-29-20/h2-4,11-12,16H,5-10,13-14H2,1H3,(H,25,29)(H,26,32). The first-order valence-electron chi connectivity index (χ1n) is 11.7. The molecule has 4 aromatic rings. The van der Waals surface area contributed by atoms with E-state index in [-0.39, 0.29) is 11.9 Å². The third-order valence-electron chi connectivity index (χ3n) is 6.50. The van der Waals surface area contributed by atoms with E-state index in [2.05, 4.69) is 37.4 Å². The summed E-state index contributed by atoms with van der Waals surface area (Å²) in [5.41, 5.74) is 2.93. The van der Waals surface area contributed by atoms with Crippen molar-refractivity contribution >= 4 is 44.2 Å². The van der Waals surface area contributed by atoms with Crippen molar-refractivity contribution < 1.29 is 9.53 Å². The minimum Gasteiger partial charge on any atom is -0.378 e. The first-order chi connectivity index (χ1) is 16.6. The summed E-state index contributed by atoms with van der Waals surface area (Å²) in [6.07, 6.45) is 2.83. The zero-order chi connectivity index (χ0) is 23.1. The van der Waals surface area contributed by atoms with Crippen molar-refractivity contribution in [1.29, 1.82) is 0 Å². The zero-order valence-electron chi connectivity index (χ0n) is 19.1. The lowest BCUT2D eigenvalue weighted by Gasteiger charge is -2.28. The van der Waals surface area contributed by atoms with Gasteiger partial charge in [0, 0.05) is 61.5 Å². The highest BCUT2D eigenvalue weighted by Gasteiger charge is 2.25. The third-order valence-corrected chi connectivity index (χ3v) is 7.61. The Morgan fingerprint density at radius 3 is 3.00 bits per heavy atom. The Morgan fingerprint density at radius 2 is 2.15 bits per heavy atom. The van der Waals surface area contributed by atoms with Crippen LogP contribution in [0.15, 0.2) is 30.5 Å². The monoisotopic (exact) mass is 477 g/mol. The lowest BCUT2D eigenvalue weighted by atomic mass is 10.1. The molecule has 1 atom stereocenters. The number of nitrogens with zero attached hydrogens (tertiary/aromatic N) is 5. The molecule has 2 fully saturated rings. The summed E-state index contributed by atoms with van der Waals surface area (Å²) >= 11 is 1.77. The van der Waals surface area contributed by atoms with Crippen LogP contribution in [0.3, 0.4) is 0 Å². The molecule has 1 unspecified atom stereocenters. The quantitative estimate of drug-likeness (QED) is 0.456. The second-order valence-electron chi connectivity index (χ2n) is 8.96. The van der Waals surface area contributed by atoms with Crippen molar-refractivity contribution in [2.45, 2.75) is 25.9 Å². The van der Waals surface area contributed by atoms with Gasteiger partial charge in [-0.15, -0.1) is 11.3 Å². The predicted octanol–water partition coefficient (Wildman–Crippen LogP) is 2.78. The summed E-state index contributed by atoms with van der Waals surface area (Å²) in [6, 6.07) is 8.52. The van der Waals surface area contributed by atoms with Crippen molar-refractivity contribution in [3.63, 3.8) is 0 Å². The number of H-pyrrole nitrogens is 1. The number of anilines is 1. The zero-order valence-corrected chi connectivity index (χ0v) is 19.9. The van der Waals surface area contributed by atoms with Crippen LogP contribution in [-0.2, 0) is 16.1 Å². The van der Waals surface area contributed by atoms with E-state index in [1.165, 1.54) is 4.88 Å². The molecule has 2 aliphatic rings. The molecule has 5 heterocycles. The number of ether oxygens (including phenoxy) is 1. The fourth-order valence-electron chi connectivity index (χ4n) is 4.92. The van der Waals surface area contributed by atoms with Crippen molar-refractivity contribution in [2.24, 2.45) is 0 Å². The number of aromatic amines is 1. The lowest BCUT2D eigenvalue weighted by molar-refractivity contribution is -0.119. The predicted molar refractivity (Wildman–Crippen MR) is 133 cm³/mol. The number of morpholine rings is 1. The molecule has 0 saturated carbocycles. The first-order valence-corrected chi connectivity index (χ1v) is 12.5. The Morgan fingerprint density at radius 1 is 1.26 bits per heavy atom. The van der Waals surface area contributed by atoms with Crippen LogP contribution in [0.2, 0.25) is 0 Å². The maximum atomic E-state index is 11.4. The van der Waals surface area contributed by atoms with Gasteiger partial charge in [-0.3, -0.25) is 14.8 Å². The van der Waals surface area contributed by atoms with E-state index in [0.717, 1.165) is 77.5 Å². The molecule has 10 heteroatoms. The number of aromatic nitrogens is 4. The molecule has 3 aromatic heterocycles. The number of benzene rings is 1. The number of carbonyl (C=O) groups is 1. The van der Waals surface area contributed by atoms with E-state index < -0.39 is 0 Å². The van der Waals surface area contributed by atoms with E-state index in [0.29, 0.717) is 13.2 Å². The van der Waals surface area contributed by atoms with Crippen LogP contribution < -0.4 is 10.2 Å². The summed E-state index contributed by atoms with van der Waals surface area (Å²) in [5.74, 6) is 1.74. The largest absolute Gasteiger partial charge is 0.378 e. The molecule has 0 aliphatic carbocycles. The highest BCUT2D eigenvalue weighted by molar-refractivity contribution is 7.19. The van der Waals surface area contributed by atoms with Gasteiger partial charge in [-0.05, 0) is 18.6 Å². The van der Waals surface area contributed by atoms with Gasteiger partial charge >= 0.3 is 0 Å². The molecule has 2 saturated heterocycles. The van der Waals surface area contributed by atoms with Gasteiger partial charge in [0.1, 0.15) is 0 Å². The number of rotatable bonds is 5. The van der Waals surface area contributed by atoms with E-state index in [9.17, 15) is 4.79 Å². The molecular weight excluding hydrogens is 450 g/mol. The van der Waals surface area contributed by atoms with Crippen LogP contribution in [0.5, 0.6) is 0 Å². The molecule has 1 aromatic carbocycles. The number of amides is 1. The van der Waals surface area contributed by atoms with Crippen molar-refractivity contribution in [2.75, 3.05) is 44.3 Å². The van der Waals surface area contributed by atoms with Crippen molar-refractivity contribution in [1.82, 2.24) is 30.4 Å². The number of likely N-dealkylation sites (tertiary alicyclic amines) is 1. The lowest BCUT2D eigenvalue weighted by Crippen LogP contribution is -2.36. The van der Waals surface area contributed by atoms with Gasteiger partial charge in [0.2, 0.25) is 5.91 Å². The maximum absolute atomic E-state index is 11.4. The highest BCUT2D eigenvalue weighted by atomic mass is 32.1. The van der Waals surface area contributed by atoms with Crippen LogP contribution in [-0.4, -0.2) is 76.4 Å². The van der Waals surface area contributed by atoms with Gasteiger partial charge in [0.15, 0.2) is 11.6 Å². The molecule has 34 heavy (non-hydrogen) atoms. The SMILES string of the molecule is CC(=O)NC1CCN(Cc2cc3nc(-c4cccc5[nH]ncc45)nc(N4CCOCC4)c3s2)C1. The Hall–Kier alpha value is -3.08. The molecule has 0 bridgehead atoms. The molecule has 2 N–H and O–H groups in total. The molecule has 6 rings (SSSR count). The van der Waals surface area contributed by atoms with Gasteiger partial charge in [0.05, 0.1) is 35.1 Å². The van der Waals surface area contributed by atoms with E-state index in [4.69, 9.17) is 14.7 Å². The Balaban J connectivity index is 1.37. The first kappa shape index (κ1) is 21.5. The van der Waals surface area contributed by atoms with Gasteiger partial charge in [-0.1, -0.05) is 12.1 Å². The van der Waals surface area contributed by atoms with Gasteiger partial charge in [-0.2, -0.15) is 5.10 Å². The minimum atomic E-state index is 0.0410. The smallest absolute Gasteiger partial charge is 0.217 e. The molecule has 0 spiro atoms. The van der Waals surface area contributed by atoms with Crippen LogP contribution >= 0.6 is 11.3 Å². The third kappa shape index (κ3) is 4.13. The minimum absolute atomic E-state index is 0.0410. The average Bonchev–Trinajstić information content (AvgIpc) is 3.58. The number of hydrogen-bond donors (Lipinski definition) is 2. The van der Waals surface area contributed by atoms with Crippen LogP contribution in [0.4, 0.5) is 5.82 Å². The summed E-state index contributed by atoms with van der Waals surface area (Å²) in [7, 11) is 0. The summed E-state index contributed by atoms with van der Waals surface area (Å²) in [4.78, 5) is 27.5. The number of fused-ring (bicyclic) bond motifs is 2. The highest BCUT2D eigenvalue weighted by Crippen LogP contribution is 2.36. The van der Waals surface area contributed by atoms with Gasteiger partial charge in [-0.25, -0.2) is 9.97 Å². The summed E-state index contributed by atoms with van der Waals surface area (Å²) in [5, 5.41) is 11.3. The Bertz CT molecular complexity index is 1340. The average molecular weight is 478 g/mol. The number of nitrogens with one attached hydrogen (secondary N) is 2. The van der Waals surface area contributed by atoms with Crippen LogP contribution in [0.25, 0.3) is 32.5 Å². The topological polar surface area (TPSA) is 99.3 Å². The molecular formula is C24H27N7O2S. The molecule has 176 valence electrons. The number of thiophene rings is 1. The van der Waals surface area contributed by atoms with Crippen LogP contribution in [0.1, 0.15) is 18.2 Å². The summed E-state index contributed by atoms with van der Waals surface area (Å²) in [6.45, 7) is 7.34. The fraction of sp³-hybridized carbons (Fsp3) is 0.417. The second kappa shape index (κ2) is 8.94. The molecule has 9 nitrogen and oxygen atoms in total. The maximum Gasteiger partial charge on any atom is 0.217 e. The molecule has 1 amide bonds. The van der Waals surface area contributed by atoms with Crippen molar-refractivity contribution in [3.05, 3.63) is 35.3 Å².